The summed E-state index contributed by atoms with van der Waals surface area (Å²) in [6, 6.07) is 16.1. The second-order valence-electron chi connectivity index (χ2n) is 6.05. The number of pyridine rings is 1. The Kier molecular flexibility index (Phi) is 3.87. The number of nitrogens with one attached hydrogen (secondary N) is 1. The van der Waals surface area contributed by atoms with Gasteiger partial charge >= 0.3 is 0 Å². The van der Waals surface area contributed by atoms with Gasteiger partial charge in [0.2, 0.25) is 5.91 Å². The monoisotopic (exact) mass is 318 g/mol. The van der Waals surface area contributed by atoms with Crippen molar-refractivity contribution in [1.82, 2.24) is 10.3 Å². The number of amides is 1. The molecule has 1 aromatic heterocycles. The maximum atomic E-state index is 12.5. The lowest BCUT2D eigenvalue weighted by Crippen LogP contribution is -2.37. The zero-order valence-electron chi connectivity index (χ0n) is 13.2. The van der Waals surface area contributed by atoms with Gasteiger partial charge < -0.3 is 10.1 Å². The maximum absolute atomic E-state index is 12.5. The molecule has 0 saturated heterocycles. The van der Waals surface area contributed by atoms with Crippen LogP contribution in [0, 0.1) is 5.92 Å². The lowest BCUT2D eigenvalue weighted by atomic mass is 9.92. The first-order chi connectivity index (χ1) is 11.8. The fraction of sp³-hybridized carbons (Fsp3) is 0.200. The Balaban J connectivity index is 1.51. The van der Waals surface area contributed by atoms with Crippen molar-refractivity contribution in [1.29, 1.82) is 0 Å². The van der Waals surface area contributed by atoms with Gasteiger partial charge in [-0.2, -0.15) is 0 Å². The Labute approximate surface area is 140 Å². The van der Waals surface area contributed by atoms with Crippen LogP contribution >= 0.6 is 0 Å². The Morgan fingerprint density at radius 3 is 2.96 bits per heavy atom. The van der Waals surface area contributed by atoms with Crippen LogP contribution in [-0.4, -0.2) is 17.5 Å². The third-order valence-corrected chi connectivity index (χ3v) is 4.45. The minimum atomic E-state index is -0.167. The van der Waals surface area contributed by atoms with Crippen LogP contribution in [0.5, 0.6) is 5.75 Å². The summed E-state index contributed by atoms with van der Waals surface area (Å²) in [6.45, 7) is 0.912. The van der Waals surface area contributed by atoms with Gasteiger partial charge in [-0.15, -0.1) is 0 Å². The molecule has 4 rings (SSSR count). The SMILES string of the molecule is O=C(NCc1cccnc1)C1COc2ccc3ccccc3c2C1. The highest BCUT2D eigenvalue weighted by atomic mass is 16.5. The van der Waals surface area contributed by atoms with E-state index in [1.807, 2.05) is 30.3 Å². The molecule has 4 nitrogen and oxygen atoms in total. The first kappa shape index (κ1) is 14.7. The smallest absolute Gasteiger partial charge is 0.227 e. The number of aromatic nitrogens is 1. The van der Waals surface area contributed by atoms with Crippen molar-refractivity contribution in [3.05, 3.63) is 72.1 Å². The van der Waals surface area contributed by atoms with Crippen molar-refractivity contribution in [2.45, 2.75) is 13.0 Å². The lowest BCUT2D eigenvalue weighted by molar-refractivity contribution is -0.126. The second-order valence-corrected chi connectivity index (χ2v) is 6.05. The first-order valence-electron chi connectivity index (χ1n) is 8.11. The van der Waals surface area contributed by atoms with Crippen LogP contribution in [0.15, 0.2) is 60.9 Å². The molecular weight excluding hydrogens is 300 g/mol. The standard InChI is InChI=1S/C20H18N2O2/c23-20(22-12-14-4-3-9-21-11-14)16-10-18-17-6-2-1-5-15(17)7-8-19(18)24-13-16/h1-9,11,16H,10,12-13H2,(H,22,23). The van der Waals surface area contributed by atoms with Crippen molar-refractivity contribution < 1.29 is 9.53 Å². The molecule has 0 spiro atoms. The van der Waals surface area contributed by atoms with E-state index in [0.717, 1.165) is 16.9 Å². The van der Waals surface area contributed by atoms with Crippen LogP contribution in [0.1, 0.15) is 11.1 Å². The van der Waals surface area contributed by atoms with Crippen molar-refractivity contribution in [3.63, 3.8) is 0 Å². The minimum absolute atomic E-state index is 0.0254. The summed E-state index contributed by atoms with van der Waals surface area (Å²) in [5, 5.41) is 5.33. The fourth-order valence-electron chi connectivity index (χ4n) is 3.16. The highest BCUT2D eigenvalue weighted by Gasteiger charge is 2.27. The van der Waals surface area contributed by atoms with E-state index in [2.05, 4.69) is 28.5 Å². The quantitative estimate of drug-likeness (QED) is 0.807. The van der Waals surface area contributed by atoms with Crippen molar-refractivity contribution in [3.8, 4) is 5.75 Å². The molecule has 0 saturated carbocycles. The van der Waals surface area contributed by atoms with E-state index >= 15 is 0 Å². The fourth-order valence-corrected chi connectivity index (χ4v) is 3.16. The number of hydrogen-bond acceptors (Lipinski definition) is 3. The molecule has 3 aromatic rings. The van der Waals surface area contributed by atoms with E-state index in [-0.39, 0.29) is 11.8 Å². The average molecular weight is 318 g/mol. The number of carbonyl (C=O) groups is 1. The van der Waals surface area contributed by atoms with Gasteiger partial charge in [0.25, 0.3) is 0 Å². The van der Waals surface area contributed by atoms with Gasteiger partial charge in [-0.05, 0) is 34.9 Å². The predicted octanol–water partition coefficient (Wildman–Crippen LogP) is 3.10. The molecule has 0 aliphatic carbocycles. The number of fused-ring (bicyclic) bond motifs is 3. The topological polar surface area (TPSA) is 51.2 Å². The lowest BCUT2D eigenvalue weighted by Gasteiger charge is -2.25. The molecule has 4 heteroatoms. The molecule has 1 unspecified atom stereocenters. The summed E-state index contributed by atoms with van der Waals surface area (Å²) < 4.78 is 5.84. The summed E-state index contributed by atoms with van der Waals surface area (Å²) in [7, 11) is 0. The van der Waals surface area contributed by atoms with Gasteiger partial charge in [-0.1, -0.05) is 36.4 Å². The maximum Gasteiger partial charge on any atom is 0.227 e. The summed E-state index contributed by atoms with van der Waals surface area (Å²) in [5.41, 5.74) is 2.12. The molecule has 1 atom stereocenters. The Bertz CT molecular complexity index is 877. The number of hydrogen-bond donors (Lipinski definition) is 1. The number of benzene rings is 2. The summed E-state index contributed by atoms with van der Waals surface area (Å²) in [5.74, 6) is 0.752. The second kappa shape index (κ2) is 6.32. The molecule has 0 bridgehead atoms. The van der Waals surface area contributed by atoms with E-state index in [1.54, 1.807) is 12.4 Å². The molecule has 2 aromatic carbocycles. The first-order valence-corrected chi connectivity index (χ1v) is 8.11. The summed E-state index contributed by atoms with van der Waals surface area (Å²) >= 11 is 0. The van der Waals surface area contributed by atoms with Crippen molar-refractivity contribution >= 4 is 16.7 Å². The third kappa shape index (κ3) is 2.83. The molecule has 2 heterocycles. The molecule has 1 aliphatic rings. The van der Waals surface area contributed by atoms with Crippen LogP contribution in [0.2, 0.25) is 0 Å². The van der Waals surface area contributed by atoms with Gasteiger partial charge in [-0.3, -0.25) is 9.78 Å². The predicted molar refractivity (Wildman–Crippen MR) is 92.7 cm³/mol. The van der Waals surface area contributed by atoms with Gasteiger partial charge in [0.1, 0.15) is 12.4 Å². The van der Waals surface area contributed by atoms with Crippen LogP contribution in [0.3, 0.4) is 0 Å². The van der Waals surface area contributed by atoms with Crippen LogP contribution in [0.4, 0.5) is 0 Å². The molecule has 24 heavy (non-hydrogen) atoms. The summed E-state index contributed by atoms with van der Waals surface area (Å²) in [4.78, 5) is 16.6. The molecule has 1 aliphatic heterocycles. The van der Waals surface area contributed by atoms with Crippen LogP contribution in [-0.2, 0) is 17.8 Å². The van der Waals surface area contributed by atoms with Gasteiger partial charge in [0.05, 0.1) is 5.92 Å². The number of carbonyl (C=O) groups excluding carboxylic acids is 1. The van der Waals surface area contributed by atoms with Gasteiger partial charge in [0, 0.05) is 24.5 Å². The van der Waals surface area contributed by atoms with E-state index < -0.39 is 0 Å². The minimum Gasteiger partial charge on any atom is -0.492 e. The number of ether oxygens (including phenoxy) is 1. The summed E-state index contributed by atoms with van der Waals surface area (Å²) in [6.07, 6.45) is 4.19. The normalized spacial score (nSPS) is 16.2. The molecule has 120 valence electrons. The van der Waals surface area contributed by atoms with Crippen LogP contribution in [0.25, 0.3) is 10.8 Å². The van der Waals surface area contributed by atoms with E-state index in [0.29, 0.717) is 19.6 Å². The van der Waals surface area contributed by atoms with Gasteiger partial charge in [0.15, 0.2) is 0 Å². The van der Waals surface area contributed by atoms with E-state index in [1.165, 1.54) is 10.8 Å². The molecule has 1 N–H and O–H groups in total. The molecule has 0 fully saturated rings. The third-order valence-electron chi connectivity index (χ3n) is 4.45. The molecule has 1 amide bonds. The van der Waals surface area contributed by atoms with Crippen LogP contribution < -0.4 is 10.1 Å². The van der Waals surface area contributed by atoms with Crippen molar-refractivity contribution in [2.75, 3.05) is 6.61 Å². The number of nitrogens with zero attached hydrogens (tertiary/aromatic N) is 1. The number of rotatable bonds is 3. The zero-order chi connectivity index (χ0) is 16.4. The Hall–Kier alpha value is -2.88. The van der Waals surface area contributed by atoms with Gasteiger partial charge in [-0.25, -0.2) is 0 Å². The molecule has 0 radical (unpaired) electrons. The Morgan fingerprint density at radius 1 is 1.17 bits per heavy atom. The Morgan fingerprint density at radius 2 is 2.08 bits per heavy atom. The average Bonchev–Trinajstić information content (AvgIpc) is 2.66. The van der Waals surface area contributed by atoms with Crippen molar-refractivity contribution in [2.24, 2.45) is 5.92 Å². The van der Waals surface area contributed by atoms with E-state index in [9.17, 15) is 4.79 Å². The zero-order valence-corrected chi connectivity index (χ0v) is 13.2. The molecular formula is C20H18N2O2. The highest BCUT2D eigenvalue weighted by Crippen LogP contribution is 2.33. The highest BCUT2D eigenvalue weighted by molar-refractivity contribution is 5.89. The largest absolute Gasteiger partial charge is 0.492 e. The van der Waals surface area contributed by atoms with E-state index in [4.69, 9.17) is 4.74 Å².